The highest BCUT2D eigenvalue weighted by atomic mass is 16.5. The van der Waals surface area contributed by atoms with Gasteiger partial charge in [0, 0.05) is 12.2 Å². The van der Waals surface area contributed by atoms with Gasteiger partial charge in [-0.1, -0.05) is 42.5 Å². The Labute approximate surface area is 162 Å². The minimum absolute atomic E-state index is 0.684. The summed E-state index contributed by atoms with van der Waals surface area (Å²) in [6.07, 6.45) is 2.06. The Hall–Kier alpha value is -2.94. The predicted octanol–water partition coefficient (Wildman–Crippen LogP) is 5.71. The van der Waals surface area contributed by atoms with E-state index < -0.39 is 0 Å². The van der Waals surface area contributed by atoms with E-state index in [9.17, 15) is 0 Å². The maximum atomic E-state index is 5.84. The number of hydrogen-bond acceptors (Lipinski definition) is 3. The molecule has 3 aromatic rings. The van der Waals surface area contributed by atoms with Gasteiger partial charge >= 0.3 is 0 Å². The second kappa shape index (κ2) is 10.3. The van der Waals surface area contributed by atoms with Crippen molar-refractivity contribution in [1.82, 2.24) is 0 Å². The van der Waals surface area contributed by atoms with Gasteiger partial charge in [0.1, 0.15) is 11.5 Å². The molecule has 3 rings (SSSR count). The Bertz CT molecular complexity index is 800. The lowest BCUT2D eigenvalue weighted by Gasteiger charge is -2.10. The van der Waals surface area contributed by atoms with Crippen molar-refractivity contribution in [2.24, 2.45) is 0 Å². The van der Waals surface area contributed by atoms with Crippen molar-refractivity contribution in [2.45, 2.75) is 26.3 Å². The first-order chi connectivity index (χ1) is 13.3. The van der Waals surface area contributed by atoms with E-state index in [2.05, 4.69) is 53.8 Å². The average Bonchev–Trinajstić information content (AvgIpc) is 2.72. The van der Waals surface area contributed by atoms with Gasteiger partial charge in [-0.2, -0.15) is 0 Å². The number of rotatable bonds is 10. The molecule has 27 heavy (non-hydrogen) atoms. The molecule has 0 aromatic heterocycles. The van der Waals surface area contributed by atoms with E-state index in [0.717, 1.165) is 43.2 Å². The quantitative estimate of drug-likeness (QED) is 0.469. The van der Waals surface area contributed by atoms with Gasteiger partial charge < -0.3 is 14.8 Å². The number of ether oxygens (including phenoxy) is 2. The van der Waals surface area contributed by atoms with Gasteiger partial charge in [-0.25, -0.2) is 0 Å². The average molecular weight is 361 g/mol. The molecular weight excluding hydrogens is 334 g/mol. The SMILES string of the molecule is CCOc1cccc(CNc2ccc(OCCCc3ccccc3)cc2)c1. The first-order valence-corrected chi connectivity index (χ1v) is 9.56. The summed E-state index contributed by atoms with van der Waals surface area (Å²) in [5, 5.41) is 3.44. The molecular formula is C24H27NO2. The molecule has 0 aliphatic heterocycles. The van der Waals surface area contributed by atoms with E-state index in [1.807, 2.05) is 37.3 Å². The summed E-state index contributed by atoms with van der Waals surface area (Å²) in [5.74, 6) is 1.82. The normalized spacial score (nSPS) is 10.4. The summed E-state index contributed by atoms with van der Waals surface area (Å²) < 4.78 is 11.4. The maximum absolute atomic E-state index is 5.84. The summed E-state index contributed by atoms with van der Waals surface area (Å²) in [6, 6.07) is 26.8. The van der Waals surface area contributed by atoms with Gasteiger partial charge in [0.2, 0.25) is 0 Å². The lowest BCUT2D eigenvalue weighted by molar-refractivity contribution is 0.311. The molecule has 0 saturated carbocycles. The van der Waals surface area contributed by atoms with Gasteiger partial charge in [-0.05, 0) is 67.3 Å². The van der Waals surface area contributed by atoms with E-state index in [0.29, 0.717) is 6.61 Å². The zero-order chi connectivity index (χ0) is 18.7. The number of hydrogen-bond donors (Lipinski definition) is 1. The van der Waals surface area contributed by atoms with Gasteiger partial charge in [0.15, 0.2) is 0 Å². The van der Waals surface area contributed by atoms with Crippen molar-refractivity contribution < 1.29 is 9.47 Å². The minimum Gasteiger partial charge on any atom is -0.494 e. The minimum atomic E-state index is 0.684. The standard InChI is InChI=1S/C24H27NO2/c1-2-26-24-12-6-10-21(18-24)19-25-22-13-15-23(16-14-22)27-17-7-11-20-8-4-3-5-9-20/h3-6,8-10,12-16,18,25H,2,7,11,17,19H2,1H3. The van der Waals surface area contributed by atoms with Gasteiger partial charge in [-0.15, -0.1) is 0 Å². The molecule has 0 heterocycles. The fourth-order valence-corrected chi connectivity index (χ4v) is 2.90. The summed E-state index contributed by atoms with van der Waals surface area (Å²) >= 11 is 0. The van der Waals surface area contributed by atoms with E-state index in [1.54, 1.807) is 0 Å². The van der Waals surface area contributed by atoms with Crippen LogP contribution in [0, 0.1) is 0 Å². The van der Waals surface area contributed by atoms with Crippen LogP contribution in [0.15, 0.2) is 78.9 Å². The van der Waals surface area contributed by atoms with Crippen molar-refractivity contribution in [3.05, 3.63) is 90.0 Å². The molecule has 0 atom stereocenters. The van der Waals surface area contributed by atoms with Crippen LogP contribution in [-0.4, -0.2) is 13.2 Å². The van der Waals surface area contributed by atoms with Crippen molar-refractivity contribution in [1.29, 1.82) is 0 Å². The highest BCUT2D eigenvalue weighted by molar-refractivity contribution is 5.47. The van der Waals surface area contributed by atoms with Crippen LogP contribution in [0.5, 0.6) is 11.5 Å². The first-order valence-electron chi connectivity index (χ1n) is 9.56. The monoisotopic (exact) mass is 361 g/mol. The molecule has 3 aromatic carbocycles. The smallest absolute Gasteiger partial charge is 0.119 e. The molecule has 0 aliphatic carbocycles. The molecule has 0 unspecified atom stereocenters. The molecule has 0 saturated heterocycles. The summed E-state index contributed by atoms with van der Waals surface area (Å²) in [5.41, 5.74) is 3.63. The van der Waals surface area contributed by atoms with E-state index in [1.165, 1.54) is 11.1 Å². The van der Waals surface area contributed by atoms with Crippen molar-refractivity contribution in [3.63, 3.8) is 0 Å². The first kappa shape index (κ1) is 18.8. The highest BCUT2D eigenvalue weighted by Crippen LogP contribution is 2.18. The second-order valence-corrected chi connectivity index (χ2v) is 6.40. The molecule has 0 radical (unpaired) electrons. The van der Waals surface area contributed by atoms with Gasteiger partial charge in [-0.3, -0.25) is 0 Å². The van der Waals surface area contributed by atoms with Gasteiger partial charge in [0.05, 0.1) is 13.2 Å². The Morgan fingerprint density at radius 1 is 0.741 bits per heavy atom. The van der Waals surface area contributed by atoms with Crippen LogP contribution in [-0.2, 0) is 13.0 Å². The van der Waals surface area contributed by atoms with Crippen LogP contribution in [0.4, 0.5) is 5.69 Å². The van der Waals surface area contributed by atoms with Crippen LogP contribution >= 0.6 is 0 Å². The Morgan fingerprint density at radius 3 is 2.30 bits per heavy atom. The molecule has 0 bridgehead atoms. The maximum Gasteiger partial charge on any atom is 0.119 e. The third kappa shape index (κ3) is 6.37. The van der Waals surface area contributed by atoms with Crippen molar-refractivity contribution in [2.75, 3.05) is 18.5 Å². The zero-order valence-corrected chi connectivity index (χ0v) is 15.9. The second-order valence-electron chi connectivity index (χ2n) is 6.40. The van der Waals surface area contributed by atoms with E-state index in [4.69, 9.17) is 9.47 Å². The Morgan fingerprint density at radius 2 is 1.52 bits per heavy atom. The van der Waals surface area contributed by atoms with Gasteiger partial charge in [0.25, 0.3) is 0 Å². The van der Waals surface area contributed by atoms with E-state index in [-0.39, 0.29) is 0 Å². The van der Waals surface area contributed by atoms with Crippen LogP contribution < -0.4 is 14.8 Å². The molecule has 3 heteroatoms. The van der Waals surface area contributed by atoms with Crippen LogP contribution in [0.2, 0.25) is 0 Å². The lowest BCUT2D eigenvalue weighted by Crippen LogP contribution is -2.01. The fraction of sp³-hybridized carbons (Fsp3) is 0.250. The molecule has 140 valence electrons. The number of anilines is 1. The Kier molecular flexibility index (Phi) is 7.16. The zero-order valence-electron chi connectivity index (χ0n) is 15.9. The number of aryl methyl sites for hydroxylation is 1. The molecule has 3 nitrogen and oxygen atoms in total. The third-order valence-electron chi connectivity index (χ3n) is 4.28. The Balaban J connectivity index is 1.41. The summed E-state index contributed by atoms with van der Waals surface area (Å²) in [6.45, 7) is 4.17. The van der Waals surface area contributed by atoms with E-state index >= 15 is 0 Å². The summed E-state index contributed by atoms with van der Waals surface area (Å²) in [7, 11) is 0. The lowest BCUT2D eigenvalue weighted by atomic mass is 10.1. The van der Waals surface area contributed by atoms with Crippen LogP contribution in [0.1, 0.15) is 24.5 Å². The fourth-order valence-electron chi connectivity index (χ4n) is 2.90. The topological polar surface area (TPSA) is 30.5 Å². The highest BCUT2D eigenvalue weighted by Gasteiger charge is 1.99. The summed E-state index contributed by atoms with van der Waals surface area (Å²) in [4.78, 5) is 0. The van der Waals surface area contributed by atoms with Crippen LogP contribution in [0.25, 0.3) is 0 Å². The molecule has 0 spiro atoms. The van der Waals surface area contributed by atoms with Crippen molar-refractivity contribution >= 4 is 5.69 Å². The molecule has 0 fully saturated rings. The third-order valence-corrected chi connectivity index (χ3v) is 4.28. The molecule has 1 N–H and O–H groups in total. The molecule has 0 amide bonds. The van der Waals surface area contributed by atoms with Crippen molar-refractivity contribution in [3.8, 4) is 11.5 Å². The molecule has 0 aliphatic rings. The largest absolute Gasteiger partial charge is 0.494 e. The predicted molar refractivity (Wildman–Crippen MR) is 112 cm³/mol. The number of benzene rings is 3. The number of nitrogens with one attached hydrogen (secondary N) is 1. The van der Waals surface area contributed by atoms with Crippen LogP contribution in [0.3, 0.4) is 0 Å².